The molecule has 0 amide bonds. The molecule has 1 unspecified atom stereocenters. The minimum Gasteiger partial charge on any atom is -0.481 e. The second-order valence-electron chi connectivity index (χ2n) is 4.25. The van der Waals surface area contributed by atoms with E-state index in [0.717, 1.165) is 4.31 Å². The molecule has 1 rings (SSSR count). The van der Waals surface area contributed by atoms with Crippen molar-refractivity contribution in [1.82, 2.24) is 4.31 Å². The Kier molecular flexibility index (Phi) is 5.82. The van der Waals surface area contributed by atoms with Gasteiger partial charge in [0.1, 0.15) is 4.90 Å². The predicted octanol–water partition coefficient (Wildman–Crippen LogP) is 2.72. The van der Waals surface area contributed by atoms with Crippen molar-refractivity contribution in [2.75, 3.05) is 13.1 Å². The van der Waals surface area contributed by atoms with Crippen molar-refractivity contribution in [3.63, 3.8) is 0 Å². The van der Waals surface area contributed by atoms with Gasteiger partial charge in [-0.3, -0.25) is 4.79 Å². The van der Waals surface area contributed by atoms with E-state index in [9.17, 15) is 13.2 Å². The van der Waals surface area contributed by atoms with Gasteiger partial charge in [-0.1, -0.05) is 43.1 Å². The topological polar surface area (TPSA) is 74.7 Å². The molecule has 0 aliphatic carbocycles. The number of hydrogen-bond donors (Lipinski definition) is 1. The van der Waals surface area contributed by atoms with Crippen molar-refractivity contribution in [2.24, 2.45) is 5.92 Å². The first kappa shape index (κ1) is 17.2. The van der Waals surface area contributed by atoms with Crippen LogP contribution >= 0.6 is 23.2 Å². The number of halogens is 2. The Morgan fingerprint density at radius 3 is 2.50 bits per heavy atom. The molecule has 0 aliphatic heterocycles. The molecule has 0 aliphatic rings. The van der Waals surface area contributed by atoms with Crippen LogP contribution in [-0.4, -0.2) is 36.9 Å². The molecule has 0 bridgehead atoms. The lowest BCUT2D eigenvalue weighted by atomic mass is 10.2. The van der Waals surface area contributed by atoms with Crippen LogP contribution in [0.15, 0.2) is 23.1 Å². The molecule has 0 saturated heterocycles. The molecule has 5 nitrogen and oxygen atoms in total. The molecule has 1 N–H and O–H groups in total. The number of nitrogens with zero attached hydrogens (tertiary/aromatic N) is 1. The number of rotatable bonds is 6. The average Bonchev–Trinajstić information content (AvgIpc) is 2.38. The quantitative estimate of drug-likeness (QED) is 0.864. The van der Waals surface area contributed by atoms with Gasteiger partial charge in [0, 0.05) is 13.1 Å². The number of carboxylic acid groups (broad SMARTS) is 1. The molecule has 0 saturated carbocycles. The first-order valence-electron chi connectivity index (χ1n) is 5.88. The number of benzene rings is 1. The summed E-state index contributed by atoms with van der Waals surface area (Å²) in [6, 6.07) is 4.31. The average molecular weight is 340 g/mol. The van der Waals surface area contributed by atoms with Crippen LogP contribution in [0.5, 0.6) is 0 Å². The summed E-state index contributed by atoms with van der Waals surface area (Å²) in [6.07, 6.45) is 0. The Bertz CT molecular complexity index is 603. The van der Waals surface area contributed by atoms with E-state index >= 15 is 0 Å². The third-order valence-electron chi connectivity index (χ3n) is 2.79. The van der Waals surface area contributed by atoms with Crippen LogP contribution in [0.25, 0.3) is 0 Å². The third kappa shape index (κ3) is 3.63. The highest BCUT2D eigenvalue weighted by Crippen LogP contribution is 2.31. The van der Waals surface area contributed by atoms with Gasteiger partial charge in [0.25, 0.3) is 0 Å². The van der Waals surface area contributed by atoms with Crippen molar-refractivity contribution < 1.29 is 18.3 Å². The second-order valence-corrected chi connectivity index (χ2v) is 6.94. The maximum Gasteiger partial charge on any atom is 0.307 e. The molecule has 1 aromatic rings. The van der Waals surface area contributed by atoms with E-state index in [4.69, 9.17) is 28.3 Å². The first-order chi connectivity index (χ1) is 9.21. The Hall–Kier alpha value is -0.820. The summed E-state index contributed by atoms with van der Waals surface area (Å²) in [7, 11) is -3.88. The number of hydrogen-bond acceptors (Lipinski definition) is 3. The number of aliphatic carboxylic acids is 1. The Morgan fingerprint density at radius 1 is 1.40 bits per heavy atom. The summed E-state index contributed by atoms with van der Waals surface area (Å²) >= 11 is 11.7. The highest BCUT2D eigenvalue weighted by atomic mass is 35.5. The van der Waals surface area contributed by atoms with E-state index in [1.165, 1.54) is 25.1 Å². The van der Waals surface area contributed by atoms with E-state index in [2.05, 4.69) is 0 Å². The highest BCUT2D eigenvalue weighted by molar-refractivity contribution is 7.89. The summed E-state index contributed by atoms with van der Waals surface area (Å²) in [5.41, 5.74) is 0. The molecule has 20 heavy (non-hydrogen) atoms. The number of carbonyl (C=O) groups is 1. The fraction of sp³-hybridized carbons (Fsp3) is 0.417. The maximum atomic E-state index is 12.5. The molecule has 0 aromatic heterocycles. The molecule has 1 aromatic carbocycles. The molecule has 0 radical (unpaired) electrons. The molecule has 112 valence electrons. The van der Waals surface area contributed by atoms with Gasteiger partial charge in [-0.2, -0.15) is 4.31 Å². The molecular weight excluding hydrogens is 325 g/mol. The molecule has 0 fully saturated rings. The molecule has 1 atom stereocenters. The Labute approximate surface area is 128 Å². The van der Waals surface area contributed by atoms with Crippen LogP contribution in [0.3, 0.4) is 0 Å². The largest absolute Gasteiger partial charge is 0.481 e. The minimum absolute atomic E-state index is 0.0596. The van der Waals surface area contributed by atoms with Gasteiger partial charge in [-0.05, 0) is 12.1 Å². The van der Waals surface area contributed by atoms with Crippen molar-refractivity contribution in [1.29, 1.82) is 0 Å². The maximum absolute atomic E-state index is 12.5. The summed E-state index contributed by atoms with van der Waals surface area (Å²) in [5, 5.41) is 8.97. The Morgan fingerprint density at radius 2 is 2.00 bits per heavy atom. The molecule has 0 spiro atoms. The minimum atomic E-state index is -3.88. The summed E-state index contributed by atoms with van der Waals surface area (Å²) < 4.78 is 26.0. The zero-order chi connectivity index (χ0) is 15.5. The molecule has 8 heteroatoms. The zero-order valence-electron chi connectivity index (χ0n) is 11.0. The van der Waals surface area contributed by atoms with E-state index in [-0.39, 0.29) is 28.0 Å². The van der Waals surface area contributed by atoms with Crippen LogP contribution in [-0.2, 0) is 14.8 Å². The summed E-state index contributed by atoms with van der Waals surface area (Å²) in [6.45, 7) is 3.09. The lowest BCUT2D eigenvalue weighted by Crippen LogP contribution is -2.36. The van der Waals surface area contributed by atoms with Gasteiger partial charge in [-0.25, -0.2) is 8.42 Å². The van der Waals surface area contributed by atoms with Crippen molar-refractivity contribution in [3.8, 4) is 0 Å². The Balaban J connectivity index is 3.19. The normalized spacial score (nSPS) is 13.4. The number of carboxylic acids is 1. The van der Waals surface area contributed by atoms with Gasteiger partial charge < -0.3 is 5.11 Å². The lowest BCUT2D eigenvalue weighted by molar-refractivity contribution is -0.141. The van der Waals surface area contributed by atoms with Crippen LogP contribution in [0.1, 0.15) is 13.8 Å². The van der Waals surface area contributed by atoms with E-state index in [1.54, 1.807) is 6.92 Å². The monoisotopic (exact) mass is 339 g/mol. The molecule has 0 heterocycles. The van der Waals surface area contributed by atoms with Gasteiger partial charge in [-0.15, -0.1) is 0 Å². The van der Waals surface area contributed by atoms with Crippen molar-refractivity contribution in [2.45, 2.75) is 18.7 Å². The predicted molar refractivity (Wildman–Crippen MR) is 77.7 cm³/mol. The SMILES string of the molecule is CCN(CC(C)C(=O)O)S(=O)(=O)c1cccc(Cl)c1Cl. The van der Waals surface area contributed by atoms with Crippen LogP contribution < -0.4 is 0 Å². The summed E-state index contributed by atoms with van der Waals surface area (Å²) in [5.74, 6) is -1.88. The third-order valence-corrected chi connectivity index (χ3v) is 5.70. The highest BCUT2D eigenvalue weighted by Gasteiger charge is 2.29. The first-order valence-corrected chi connectivity index (χ1v) is 8.08. The van der Waals surface area contributed by atoms with Gasteiger partial charge in [0.15, 0.2) is 0 Å². The van der Waals surface area contributed by atoms with Crippen molar-refractivity contribution in [3.05, 3.63) is 28.2 Å². The van der Waals surface area contributed by atoms with E-state index < -0.39 is 21.9 Å². The zero-order valence-corrected chi connectivity index (χ0v) is 13.3. The van der Waals surface area contributed by atoms with Gasteiger partial charge >= 0.3 is 5.97 Å². The smallest absolute Gasteiger partial charge is 0.307 e. The standard InChI is InChI=1S/C12H15Cl2NO4S/c1-3-15(7-8(2)12(16)17)20(18,19)10-6-4-5-9(13)11(10)14/h4-6,8H,3,7H2,1-2H3,(H,16,17). The second kappa shape index (κ2) is 6.76. The fourth-order valence-corrected chi connectivity index (χ4v) is 3.88. The molecular formula is C12H15Cl2NO4S. The van der Waals surface area contributed by atoms with Crippen LogP contribution in [0.2, 0.25) is 10.0 Å². The van der Waals surface area contributed by atoms with E-state index in [1.807, 2.05) is 0 Å². The van der Waals surface area contributed by atoms with E-state index in [0.29, 0.717) is 0 Å². The summed E-state index contributed by atoms with van der Waals surface area (Å²) in [4.78, 5) is 10.7. The van der Waals surface area contributed by atoms with Gasteiger partial charge in [0.05, 0.1) is 16.0 Å². The fourth-order valence-electron chi connectivity index (χ4n) is 1.60. The van der Waals surface area contributed by atoms with Crippen LogP contribution in [0.4, 0.5) is 0 Å². The number of sulfonamides is 1. The van der Waals surface area contributed by atoms with Crippen molar-refractivity contribution >= 4 is 39.2 Å². The van der Waals surface area contributed by atoms with Crippen LogP contribution in [0, 0.1) is 5.92 Å². The lowest BCUT2D eigenvalue weighted by Gasteiger charge is -2.23. The van der Waals surface area contributed by atoms with Gasteiger partial charge in [0.2, 0.25) is 10.0 Å².